The van der Waals surface area contributed by atoms with Gasteiger partial charge in [-0.3, -0.25) is 9.59 Å². The van der Waals surface area contributed by atoms with Gasteiger partial charge in [0, 0.05) is 29.1 Å². The molecule has 0 radical (unpaired) electrons. The SMILES string of the molecule is C=C[C@]1(C)C=C2[C@H](O)CC3C(C)(C)C(=O)CC[C@]3(C)[C@]2(O)C(=O)C1. The molecule has 3 aliphatic carbocycles. The van der Waals surface area contributed by atoms with Crippen molar-refractivity contribution in [2.24, 2.45) is 22.2 Å². The Bertz CT molecular complexity index is 661. The molecule has 0 amide bonds. The molecule has 0 aromatic carbocycles. The normalized spacial score (nSPS) is 47.5. The highest BCUT2D eigenvalue weighted by Gasteiger charge is 2.68. The number of Topliss-reactive ketones (excluding diaryl/α,β-unsaturated/α-hetero) is 2. The molecule has 0 aromatic rings. The Balaban J connectivity index is 2.22. The van der Waals surface area contributed by atoms with Crippen LogP contribution < -0.4 is 0 Å². The molecule has 0 saturated heterocycles. The molecule has 132 valence electrons. The van der Waals surface area contributed by atoms with Crippen molar-refractivity contribution >= 4 is 11.6 Å². The highest BCUT2D eigenvalue weighted by atomic mass is 16.3. The fraction of sp³-hybridized carbons (Fsp3) is 0.700. The Labute approximate surface area is 143 Å². The van der Waals surface area contributed by atoms with Gasteiger partial charge in [0.25, 0.3) is 0 Å². The molecule has 3 aliphatic rings. The minimum atomic E-state index is -1.70. The molecule has 2 fully saturated rings. The number of aliphatic hydroxyl groups excluding tert-OH is 1. The number of aliphatic hydroxyl groups is 2. The first-order chi connectivity index (χ1) is 10.9. The highest BCUT2D eigenvalue weighted by molar-refractivity contribution is 5.95. The van der Waals surface area contributed by atoms with Crippen LogP contribution in [0.4, 0.5) is 0 Å². The van der Waals surface area contributed by atoms with Crippen LogP contribution in [0.3, 0.4) is 0 Å². The van der Waals surface area contributed by atoms with Gasteiger partial charge in [0.05, 0.1) is 6.10 Å². The zero-order valence-corrected chi connectivity index (χ0v) is 15.1. The second-order valence-corrected chi connectivity index (χ2v) is 8.99. The van der Waals surface area contributed by atoms with Crippen molar-refractivity contribution in [2.45, 2.75) is 65.1 Å². The molecule has 0 heterocycles. The minimum absolute atomic E-state index is 0.146. The lowest BCUT2D eigenvalue weighted by Crippen LogP contribution is -2.69. The second-order valence-electron chi connectivity index (χ2n) is 8.99. The third-order valence-electron chi connectivity index (χ3n) is 7.19. The lowest BCUT2D eigenvalue weighted by atomic mass is 9.42. The first-order valence-corrected chi connectivity index (χ1v) is 8.76. The summed E-state index contributed by atoms with van der Waals surface area (Å²) in [4.78, 5) is 25.5. The van der Waals surface area contributed by atoms with E-state index in [0.29, 0.717) is 24.8 Å². The van der Waals surface area contributed by atoms with Crippen LogP contribution in [-0.2, 0) is 9.59 Å². The summed E-state index contributed by atoms with van der Waals surface area (Å²) < 4.78 is 0. The zero-order chi connectivity index (χ0) is 18.1. The summed E-state index contributed by atoms with van der Waals surface area (Å²) >= 11 is 0. The van der Waals surface area contributed by atoms with E-state index < -0.39 is 27.9 Å². The Morgan fingerprint density at radius 1 is 1.21 bits per heavy atom. The molecular formula is C20H28O4. The van der Waals surface area contributed by atoms with E-state index in [1.54, 1.807) is 6.08 Å². The van der Waals surface area contributed by atoms with E-state index in [0.717, 1.165) is 0 Å². The first-order valence-electron chi connectivity index (χ1n) is 8.76. The number of hydrogen-bond donors (Lipinski definition) is 2. The Hall–Kier alpha value is -1.26. The van der Waals surface area contributed by atoms with Crippen LogP contribution in [0.15, 0.2) is 24.3 Å². The van der Waals surface area contributed by atoms with Crippen molar-refractivity contribution in [1.82, 2.24) is 0 Å². The molecule has 0 bridgehead atoms. The van der Waals surface area contributed by atoms with E-state index in [1.807, 2.05) is 33.8 Å². The van der Waals surface area contributed by atoms with Crippen molar-refractivity contribution in [2.75, 3.05) is 0 Å². The summed E-state index contributed by atoms with van der Waals surface area (Å²) in [6, 6.07) is 0. The standard InChI is InChI=1S/C20H28O4/c1-6-18(4)10-12-13(21)9-14-17(2,3)15(22)7-8-19(14,5)20(12,24)16(23)11-18/h6,10,13-14,21,24H,1,7-9,11H2,2-5H3/t13-,14?,18-,19+,20-/m1/s1. The molecule has 4 heteroatoms. The topological polar surface area (TPSA) is 74.6 Å². The van der Waals surface area contributed by atoms with Gasteiger partial charge in [-0.15, -0.1) is 6.58 Å². The van der Waals surface area contributed by atoms with Crippen LogP contribution >= 0.6 is 0 Å². The summed E-state index contributed by atoms with van der Waals surface area (Å²) in [6.45, 7) is 11.4. The number of hydrogen-bond acceptors (Lipinski definition) is 4. The van der Waals surface area contributed by atoms with Crippen LogP contribution in [0.25, 0.3) is 0 Å². The maximum atomic E-state index is 13.1. The molecule has 3 rings (SSSR count). The van der Waals surface area contributed by atoms with Gasteiger partial charge in [-0.25, -0.2) is 0 Å². The first kappa shape index (κ1) is 17.6. The summed E-state index contributed by atoms with van der Waals surface area (Å²) in [7, 11) is 0. The largest absolute Gasteiger partial charge is 0.389 e. The van der Waals surface area contributed by atoms with Crippen LogP contribution in [0.5, 0.6) is 0 Å². The number of carbonyl (C=O) groups excluding carboxylic acids is 2. The summed E-state index contributed by atoms with van der Waals surface area (Å²) in [5, 5.41) is 22.4. The van der Waals surface area contributed by atoms with Gasteiger partial charge in [-0.2, -0.15) is 0 Å². The predicted molar refractivity (Wildman–Crippen MR) is 91.2 cm³/mol. The number of allylic oxidation sites excluding steroid dienone is 2. The number of carbonyl (C=O) groups is 2. The van der Waals surface area contributed by atoms with Gasteiger partial charge < -0.3 is 10.2 Å². The summed E-state index contributed by atoms with van der Waals surface area (Å²) in [6.07, 6.45) is 4.00. The van der Waals surface area contributed by atoms with Gasteiger partial charge in [0.1, 0.15) is 5.78 Å². The molecule has 0 spiro atoms. The molecule has 2 saturated carbocycles. The Morgan fingerprint density at radius 2 is 1.83 bits per heavy atom. The summed E-state index contributed by atoms with van der Waals surface area (Å²) in [5.41, 5.74) is -3.24. The molecular weight excluding hydrogens is 304 g/mol. The van der Waals surface area contributed by atoms with Crippen LogP contribution in [-0.4, -0.2) is 33.5 Å². The van der Waals surface area contributed by atoms with Gasteiger partial charge in [0.2, 0.25) is 0 Å². The van der Waals surface area contributed by atoms with Crippen LogP contribution in [0.2, 0.25) is 0 Å². The van der Waals surface area contributed by atoms with Crippen molar-refractivity contribution in [3.63, 3.8) is 0 Å². The van der Waals surface area contributed by atoms with Gasteiger partial charge >= 0.3 is 0 Å². The average molecular weight is 332 g/mol. The molecule has 1 unspecified atom stereocenters. The lowest BCUT2D eigenvalue weighted by Gasteiger charge is -2.62. The van der Waals surface area contributed by atoms with E-state index in [4.69, 9.17) is 0 Å². The van der Waals surface area contributed by atoms with Gasteiger partial charge in [0.15, 0.2) is 11.4 Å². The lowest BCUT2D eigenvalue weighted by molar-refractivity contribution is -0.190. The Morgan fingerprint density at radius 3 is 2.42 bits per heavy atom. The third-order valence-corrected chi connectivity index (χ3v) is 7.19. The zero-order valence-electron chi connectivity index (χ0n) is 15.1. The van der Waals surface area contributed by atoms with Crippen molar-refractivity contribution in [3.8, 4) is 0 Å². The second kappa shape index (κ2) is 4.89. The quantitative estimate of drug-likeness (QED) is 0.724. The molecule has 0 aromatic heterocycles. The van der Waals surface area contributed by atoms with Crippen molar-refractivity contribution in [3.05, 3.63) is 24.3 Å². The molecule has 0 aliphatic heterocycles. The number of rotatable bonds is 1. The van der Waals surface area contributed by atoms with Gasteiger partial charge in [-0.1, -0.05) is 39.8 Å². The fourth-order valence-corrected chi connectivity index (χ4v) is 5.46. The smallest absolute Gasteiger partial charge is 0.170 e. The van der Waals surface area contributed by atoms with E-state index >= 15 is 0 Å². The van der Waals surface area contributed by atoms with Gasteiger partial charge in [-0.05, 0) is 24.3 Å². The fourth-order valence-electron chi connectivity index (χ4n) is 5.46. The number of fused-ring (bicyclic) bond motifs is 3. The molecule has 2 N–H and O–H groups in total. The van der Waals surface area contributed by atoms with Crippen molar-refractivity contribution < 1.29 is 19.8 Å². The predicted octanol–water partition coefficient (Wildman–Crippen LogP) is 2.59. The highest BCUT2D eigenvalue weighted by Crippen LogP contribution is 2.63. The molecule has 24 heavy (non-hydrogen) atoms. The molecule has 4 nitrogen and oxygen atoms in total. The van der Waals surface area contributed by atoms with E-state index in [1.165, 1.54) is 0 Å². The number of ketones is 2. The Kier molecular flexibility index (Phi) is 3.58. The monoisotopic (exact) mass is 332 g/mol. The van der Waals surface area contributed by atoms with E-state index in [2.05, 4.69) is 6.58 Å². The maximum Gasteiger partial charge on any atom is 0.170 e. The van der Waals surface area contributed by atoms with Crippen molar-refractivity contribution in [1.29, 1.82) is 0 Å². The summed E-state index contributed by atoms with van der Waals surface area (Å²) in [5.74, 6) is -0.355. The van der Waals surface area contributed by atoms with Crippen LogP contribution in [0, 0.1) is 22.2 Å². The van der Waals surface area contributed by atoms with E-state index in [-0.39, 0.29) is 23.9 Å². The minimum Gasteiger partial charge on any atom is -0.389 e. The average Bonchev–Trinajstić information content (AvgIpc) is 2.50. The van der Waals surface area contributed by atoms with Crippen LogP contribution in [0.1, 0.15) is 53.4 Å². The van der Waals surface area contributed by atoms with E-state index in [9.17, 15) is 19.8 Å². The third kappa shape index (κ3) is 1.93. The maximum absolute atomic E-state index is 13.1. The molecule has 5 atom stereocenters.